The molecule has 0 aromatic heterocycles. The van der Waals surface area contributed by atoms with Gasteiger partial charge in [0.15, 0.2) is 11.5 Å². The summed E-state index contributed by atoms with van der Waals surface area (Å²) in [6, 6.07) is 3.02. The predicted octanol–water partition coefficient (Wildman–Crippen LogP) is 1.48. The molecular formula is C13H19NO5. The number of benzene rings is 1. The molecule has 1 rings (SSSR count). The van der Waals surface area contributed by atoms with Crippen molar-refractivity contribution in [3.8, 4) is 11.5 Å². The highest BCUT2D eigenvalue weighted by molar-refractivity contribution is 5.96. The second-order valence-electron chi connectivity index (χ2n) is 3.97. The van der Waals surface area contributed by atoms with Crippen molar-refractivity contribution in [1.82, 2.24) is 0 Å². The van der Waals surface area contributed by atoms with Gasteiger partial charge in [-0.05, 0) is 6.92 Å². The molecule has 0 heterocycles. The maximum Gasteiger partial charge on any atom is 0.340 e. The third-order valence-corrected chi connectivity index (χ3v) is 2.49. The molecule has 19 heavy (non-hydrogen) atoms. The normalized spacial score (nSPS) is 11.8. The number of nitrogen functional groups attached to an aromatic ring is 1. The highest BCUT2D eigenvalue weighted by Crippen LogP contribution is 2.32. The summed E-state index contributed by atoms with van der Waals surface area (Å²) in [5, 5.41) is 0. The lowest BCUT2D eigenvalue weighted by atomic mass is 10.1. The Balaban J connectivity index is 2.96. The molecule has 2 N–H and O–H groups in total. The van der Waals surface area contributed by atoms with E-state index in [-0.39, 0.29) is 17.4 Å². The Bertz CT molecular complexity index is 447. The number of carbonyl (C=O) groups is 1. The van der Waals surface area contributed by atoms with Gasteiger partial charge in [-0.1, -0.05) is 0 Å². The fraction of sp³-hybridized carbons (Fsp3) is 0.462. The lowest BCUT2D eigenvalue weighted by molar-refractivity contribution is 0.0121. The molecule has 0 bridgehead atoms. The van der Waals surface area contributed by atoms with Gasteiger partial charge in [0.2, 0.25) is 0 Å². The van der Waals surface area contributed by atoms with Gasteiger partial charge in [-0.25, -0.2) is 4.79 Å². The van der Waals surface area contributed by atoms with Crippen LogP contribution in [-0.4, -0.2) is 40.0 Å². The molecule has 0 radical (unpaired) electrons. The van der Waals surface area contributed by atoms with Gasteiger partial charge in [0, 0.05) is 19.2 Å². The molecule has 0 aliphatic rings. The minimum atomic E-state index is -0.525. The molecule has 6 nitrogen and oxygen atoms in total. The van der Waals surface area contributed by atoms with Crippen molar-refractivity contribution in [2.75, 3.05) is 33.7 Å². The van der Waals surface area contributed by atoms with Crippen LogP contribution in [0.1, 0.15) is 17.3 Å². The third kappa shape index (κ3) is 3.75. The summed E-state index contributed by atoms with van der Waals surface area (Å²) in [6.07, 6.45) is -0.356. The zero-order chi connectivity index (χ0) is 14.4. The Morgan fingerprint density at radius 3 is 2.32 bits per heavy atom. The smallest absolute Gasteiger partial charge is 0.340 e. The Labute approximate surface area is 112 Å². The first-order valence-corrected chi connectivity index (χ1v) is 5.74. The summed E-state index contributed by atoms with van der Waals surface area (Å²) in [5.74, 6) is 0.354. The average molecular weight is 269 g/mol. The molecule has 0 fully saturated rings. The van der Waals surface area contributed by atoms with Crippen molar-refractivity contribution >= 4 is 11.7 Å². The summed E-state index contributed by atoms with van der Waals surface area (Å²) in [7, 11) is 4.52. The quantitative estimate of drug-likeness (QED) is 0.622. The monoisotopic (exact) mass is 269 g/mol. The summed E-state index contributed by atoms with van der Waals surface area (Å²) < 4.78 is 20.3. The molecule has 6 heteroatoms. The van der Waals surface area contributed by atoms with E-state index in [1.165, 1.54) is 33.5 Å². The van der Waals surface area contributed by atoms with Crippen LogP contribution in [-0.2, 0) is 9.47 Å². The highest BCUT2D eigenvalue weighted by atomic mass is 16.6. The van der Waals surface area contributed by atoms with Crippen molar-refractivity contribution < 1.29 is 23.7 Å². The van der Waals surface area contributed by atoms with Crippen LogP contribution in [0.5, 0.6) is 11.5 Å². The summed E-state index contributed by atoms with van der Waals surface area (Å²) in [6.45, 7) is 2.05. The van der Waals surface area contributed by atoms with Crippen LogP contribution >= 0.6 is 0 Å². The lowest BCUT2D eigenvalue weighted by Gasteiger charge is -2.15. The number of rotatable bonds is 6. The standard InChI is InChI=1S/C13H19NO5/c1-8(7-16-2)19-13(15)9-5-11(17-3)12(18-4)6-10(9)14/h5-6,8H,7,14H2,1-4H3. The number of anilines is 1. The minimum absolute atomic E-state index is 0.237. The number of ether oxygens (including phenoxy) is 4. The van der Waals surface area contributed by atoms with E-state index in [9.17, 15) is 4.79 Å². The second-order valence-corrected chi connectivity index (χ2v) is 3.97. The second kappa shape index (κ2) is 6.84. The Morgan fingerprint density at radius 1 is 1.21 bits per heavy atom. The van der Waals surface area contributed by atoms with E-state index in [1.54, 1.807) is 6.92 Å². The first-order chi connectivity index (χ1) is 9.03. The van der Waals surface area contributed by atoms with Crippen LogP contribution in [0.4, 0.5) is 5.69 Å². The first-order valence-electron chi connectivity index (χ1n) is 5.74. The number of methoxy groups -OCH3 is 3. The maximum absolute atomic E-state index is 12.0. The summed E-state index contributed by atoms with van der Waals surface area (Å²) in [4.78, 5) is 12.0. The molecule has 0 aliphatic carbocycles. The van der Waals surface area contributed by atoms with Gasteiger partial charge in [-0.15, -0.1) is 0 Å². The van der Waals surface area contributed by atoms with Gasteiger partial charge >= 0.3 is 5.97 Å². The Kier molecular flexibility index (Phi) is 5.44. The van der Waals surface area contributed by atoms with Crippen LogP contribution in [0.3, 0.4) is 0 Å². The van der Waals surface area contributed by atoms with Crippen LogP contribution in [0, 0.1) is 0 Å². The lowest BCUT2D eigenvalue weighted by Crippen LogP contribution is -2.20. The fourth-order valence-corrected chi connectivity index (χ4v) is 1.59. The van der Waals surface area contributed by atoms with Crippen molar-refractivity contribution in [1.29, 1.82) is 0 Å². The van der Waals surface area contributed by atoms with Crippen molar-refractivity contribution in [3.05, 3.63) is 17.7 Å². The van der Waals surface area contributed by atoms with Gasteiger partial charge in [0.1, 0.15) is 6.10 Å². The molecular weight excluding hydrogens is 250 g/mol. The number of esters is 1. The van der Waals surface area contributed by atoms with E-state index in [1.807, 2.05) is 0 Å². The van der Waals surface area contributed by atoms with Gasteiger partial charge in [0.05, 0.1) is 32.1 Å². The molecule has 0 amide bonds. The third-order valence-electron chi connectivity index (χ3n) is 2.49. The van der Waals surface area contributed by atoms with Gasteiger partial charge in [-0.3, -0.25) is 0 Å². The van der Waals surface area contributed by atoms with E-state index >= 15 is 0 Å². The highest BCUT2D eigenvalue weighted by Gasteiger charge is 2.18. The number of nitrogens with two attached hydrogens (primary N) is 1. The van der Waals surface area contributed by atoms with E-state index in [2.05, 4.69) is 0 Å². The predicted molar refractivity (Wildman–Crippen MR) is 70.7 cm³/mol. The van der Waals surface area contributed by atoms with Crippen molar-refractivity contribution in [2.24, 2.45) is 0 Å². The fourth-order valence-electron chi connectivity index (χ4n) is 1.59. The molecule has 0 aliphatic heterocycles. The largest absolute Gasteiger partial charge is 0.493 e. The zero-order valence-corrected chi connectivity index (χ0v) is 11.6. The molecule has 0 spiro atoms. The molecule has 1 aromatic carbocycles. The minimum Gasteiger partial charge on any atom is -0.493 e. The molecule has 1 atom stereocenters. The molecule has 1 unspecified atom stereocenters. The molecule has 0 saturated carbocycles. The van der Waals surface area contributed by atoms with E-state index in [0.717, 1.165) is 0 Å². The van der Waals surface area contributed by atoms with Crippen LogP contribution in [0.15, 0.2) is 12.1 Å². The maximum atomic E-state index is 12.0. The molecule has 0 saturated heterocycles. The van der Waals surface area contributed by atoms with Crippen molar-refractivity contribution in [3.63, 3.8) is 0 Å². The summed E-state index contributed by atoms with van der Waals surface area (Å²) >= 11 is 0. The van der Waals surface area contributed by atoms with Crippen LogP contribution in [0.25, 0.3) is 0 Å². The van der Waals surface area contributed by atoms with Crippen molar-refractivity contribution in [2.45, 2.75) is 13.0 Å². The van der Waals surface area contributed by atoms with Gasteiger partial charge in [-0.2, -0.15) is 0 Å². The molecule has 1 aromatic rings. The van der Waals surface area contributed by atoms with Crippen LogP contribution < -0.4 is 15.2 Å². The SMILES string of the molecule is COCC(C)OC(=O)c1cc(OC)c(OC)cc1N. The van der Waals surface area contributed by atoms with Crippen LogP contribution in [0.2, 0.25) is 0 Å². The van der Waals surface area contributed by atoms with Gasteiger partial charge in [0.25, 0.3) is 0 Å². The van der Waals surface area contributed by atoms with E-state index in [4.69, 9.17) is 24.7 Å². The van der Waals surface area contributed by atoms with Gasteiger partial charge < -0.3 is 24.7 Å². The van der Waals surface area contributed by atoms with E-state index in [0.29, 0.717) is 18.1 Å². The number of hydrogen-bond acceptors (Lipinski definition) is 6. The topological polar surface area (TPSA) is 80.0 Å². The average Bonchev–Trinajstić information content (AvgIpc) is 2.38. The number of hydrogen-bond donors (Lipinski definition) is 1. The molecule has 106 valence electrons. The zero-order valence-electron chi connectivity index (χ0n) is 11.6. The van der Waals surface area contributed by atoms with E-state index < -0.39 is 5.97 Å². The Hall–Kier alpha value is -1.95. The number of carbonyl (C=O) groups excluding carboxylic acids is 1. The first kappa shape index (κ1) is 15.1. The summed E-state index contributed by atoms with van der Waals surface area (Å²) in [5.41, 5.74) is 6.31. The Morgan fingerprint density at radius 2 is 1.79 bits per heavy atom.